The zero-order valence-electron chi connectivity index (χ0n) is 12.5. The standard InChI is InChI=1S/C18H15NO4/c1-22-15-8-4-2-6-12(15)10-13(11-17(20)21)18-19-14-7-3-5-9-16(14)23-18/h2-10H,11H2,1H3,(H,20,21)/b13-10+. The van der Waals surface area contributed by atoms with Crippen LogP contribution < -0.4 is 4.74 Å². The molecule has 3 aromatic rings. The average Bonchev–Trinajstić information content (AvgIpc) is 2.98. The number of benzene rings is 2. The van der Waals surface area contributed by atoms with Gasteiger partial charge in [0.05, 0.1) is 13.5 Å². The minimum atomic E-state index is -0.951. The van der Waals surface area contributed by atoms with Crippen molar-refractivity contribution in [2.45, 2.75) is 6.42 Å². The van der Waals surface area contributed by atoms with Crippen molar-refractivity contribution in [1.82, 2.24) is 4.98 Å². The van der Waals surface area contributed by atoms with Crippen LogP contribution in [0, 0.1) is 0 Å². The lowest BCUT2D eigenvalue weighted by Crippen LogP contribution is -1.98. The normalized spacial score (nSPS) is 11.6. The van der Waals surface area contributed by atoms with Gasteiger partial charge in [0.25, 0.3) is 0 Å². The second-order valence-corrected chi connectivity index (χ2v) is 4.97. The number of ether oxygens (including phenoxy) is 1. The summed E-state index contributed by atoms with van der Waals surface area (Å²) in [5.41, 5.74) is 2.57. The number of aromatic nitrogens is 1. The van der Waals surface area contributed by atoms with Crippen molar-refractivity contribution in [1.29, 1.82) is 0 Å². The molecule has 0 fully saturated rings. The average molecular weight is 309 g/mol. The van der Waals surface area contributed by atoms with E-state index in [-0.39, 0.29) is 6.42 Å². The van der Waals surface area contributed by atoms with Crippen LogP contribution in [0.15, 0.2) is 52.9 Å². The fraction of sp³-hybridized carbons (Fsp3) is 0.111. The van der Waals surface area contributed by atoms with Crippen LogP contribution in [-0.2, 0) is 4.79 Å². The highest BCUT2D eigenvalue weighted by Crippen LogP contribution is 2.28. The van der Waals surface area contributed by atoms with E-state index in [1.54, 1.807) is 19.3 Å². The maximum Gasteiger partial charge on any atom is 0.308 e. The van der Waals surface area contributed by atoms with E-state index >= 15 is 0 Å². The molecule has 0 saturated carbocycles. The Bertz CT molecular complexity index is 846. The Morgan fingerprint density at radius 2 is 1.96 bits per heavy atom. The highest BCUT2D eigenvalue weighted by Gasteiger charge is 2.15. The summed E-state index contributed by atoms with van der Waals surface area (Å²) in [5.74, 6) is 0.0133. The van der Waals surface area contributed by atoms with E-state index in [2.05, 4.69) is 4.98 Å². The summed E-state index contributed by atoms with van der Waals surface area (Å²) in [6, 6.07) is 14.7. The van der Waals surface area contributed by atoms with Gasteiger partial charge in [0.15, 0.2) is 5.58 Å². The Morgan fingerprint density at radius 3 is 2.70 bits per heavy atom. The van der Waals surface area contributed by atoms with Crippen molar-refractivity contribution >= 4 is 28.7 Å². The van der Waals surface area contributed by atoms with Gasteiger partial charge in [0.1, 0.15) is 11.3 Å². The third-order valence-corrected chi connectivity index (χ3v) is 3.38. The molecule has 5 nitrogen and oxygen atoms in total. The topological polar surface area (TPSA) is 72.6 Å². The number of hydrogen-bond acceptors (Lipinski definition) is 4. The van der Waals surface area contributed by atoms with Crippen LogP contribution in [0.5, 0.6) is 5.75 Å². The number of aliphatic carboxylic acids is 1. The van der Waals surface area contributed by atoms with E-state index < -0.39 is 5.97 Å². The first kappa shape index (κ1) is 14.8. The summed E-state index contributed by atoms with van der Waals surface area (Å²) in [5, 5.41) is 9.18. The molecule has 0 saturated heterocycles. The highest BCUT2D eigenvalue weighted by atomic mass is 16.5. The third-order valence-electron chi connectivity index (χ3n) is 3.38. The molecule has 0 aliphatic carbocycles. The third kappa shape index (κ3) is 3.23. The van der Waals surface area contributed by atoms with Crippen molar-refractivity contribution in [2.24, 2.45) is 0 Å². The van der Waals surface area contributed by atoms with Crippen LogP contribution in [-0.4, -0.2) is 23.2 Å². The van der Waals surface area contributed by atoms with Crippen molar-refractivity contribution in [3.05, 3.63) is 60.0 Å². The quantitative estimate of drug-likeness (QED) is 0.775. The van der Waals surface area contributed by atoms with Gasteiger partial charge in [0, 0.05) is 11.1 Å². The summed E-state index contributed by atoms with van der Waals surface area (Å²) < 4.78 is 11.0. The van der Waals surface area contributed by atoms with Gasteiger partial charge < -0.3 is 14.3 Å². The maximum atomic E-state index is 11.2. The Kier molecular flexibility index (Phi) is 4.10. The van der Waals surface area contributed by atoms with Gasteiger partial charge >= 0.3 is 5.97 Å². The van der Waals surface area contributed by atoms with Crippen molar-refractivity contribution in [2.75, 3.05) is 7.11 Å². The Labute approximate surface area is 132 Å². The molecule has 0 bridgehead atoms. The summed E-state index contributed by atoms with van der Waals surface area (Å²) in [7, 11) is 1.57. The predicted molar refractivity (Wildman–Crippen MR) is 87.1 cm³/mol. The molecule has 5 heteroatoms. The predicted octanol–water partition coefficient (Wildman–Crippen LogP) is 3.85. The van der Waals surface area contributed by atoms with E-state index in [4.69, 9.17) is 9.15 Å². The van der Waals surface area contributed by atoms with Gasteiger partial charge in [0.2, 0.25) is 5.89 Å². The smallest absolute Gasteiger partial charge is 0.308 e. The first-order valence-corrected chi connectivity index (χ1v) is 7.08. The molecule has 0 spiro atoms. The molecule has 2 aromatic carbocycles. The number of fused-ring (bicyclic) bond motifs is 1. The van der Waals surface area contributed by atoms with E-state index in [0.29, 0.717) is 28.3 Å². The first-order chi connectivity index (χ1) is 11.2. The molecule has 0 aliphatic heterocycles. The number of rotatable bonds is 5. The minimum Gasteiger partial charge on any atom is -0.496 e. The lowest BCUT2D eigenvalue weighted by Gasteiger charge is -2.06. The Morgan fingerprint density at radius 1 is 1.22 bits per heavy atom. The SMILES string of the molecule is COc1ccccc1/C=C(\CC(=O)O)c1nc2ccccc2o1. The number of nitrogens with zero attached hydrogens (tertiary/aromatic N) is 1. The summed E-state index contributed by atoms with van der Waals surface area (Å²) in [6.45, 7) is 0. The van der Waals surface area contributed by atoms with E-state index in [0.717, 1.165) is 5.56 Å². The van der Waals surface area contributed by atoms with Gasteiger partial charge in [-0.3, -0.25) is 4.79 Å². The molecule has 0 atom stereocenters. The van der Waals surface area contributed by atoms with Crippen molar-refractivity contribution in [3.8, 4) is 5.75 Å². The van der Waals surface area contributed by atoms with Crippen LogP contribution in [0.1, 0.15) is 17.9 Å². The number of carboxylic acids is 1. The zero-order chi connectivity index (χ0) is 16.2. The number of hydrogen-bond donors (Lipinski definition) is 1. The van der Waals surface area contributed by atoms with Gasteiger partial charge in [-0.05, 0) is 24.3 Å². The molecular weight excluding hydrogens is 294 g/mol. The fourth-order valence-electron chi connectivity index (χ4n) is 2.33. The summed E-state index contributed by atoms with van der Waals surface area (Å²) >= 11 is 0. The molecular formula is C18H15NO4. The summed E-state index contributed by atoms with van der Waals surface area (Å²) in [6.07, 6.45) is 1.54. The van der Waals surface area contributed by atoms with Crippen molar-refractivity contribution in [3.63, 3.8) is 0 Å². The minimum absolute atomic E-state index is 0.190. The molecule has 1 heterocycles. The van der Waals surface area contributed by atoms with Gasteiger partial charge in [-0.15, -0.1) is 0 Å². The van der Waals surface area contributed by atoms with E-state index in [1.807, 2.05) is 42.5 Å². The van der Waals surface area contributed by atoms with Crippen molar-refractivity contribution < 1.29 is 19.1 Å². The lowest BCUT2D eigenvalue weighted by atomic mass is 10.1. The number of carboxylic acid groups (broad SMARTS) is 1. The Hall–Kier alpha value is -3.08. The van der Waals surface area contributed by atoms with Crippen LogP contribution in [0.2, 0.25) is 0 Å². The second-order valence-electron chi connectivity index (χ2n) is 4.97. The molecule has 0 radical (unpaired) electrons. The second kappa shape index (κ2) is 6.36. The highest BCUT2D eigenvalue weighted by molar-refractivity contribution is 5.91. The summed E-state index contributed by atoms with van der Waals surface area (Å²) in [4.78, 5) is 15.6. The number of oxazole rings is 1. The van der Waals surface area contributed by atoms with Crippen LogP contribution >= 0.6 is 0 Å². The van der Waals surface area contributed by atoms with Gasteiger partial charge in [-0.1, -0.05) is 30.3 Å². The molecule has 3 rings (SSSR count). The number of carbonyl (C=O) groups is 1. The molecule has 23 heavy (non-hydrogen) atoms. The fourth-order valence-corrected chi connectivity index (χ4v) is 2.33. The van der Waals surface area contributed by atoms with Crippen LogP contribution in [0.3, 0.4) is 0 Å². The largest absolute Gasteiger partial charge is 0.496 e. The number of para-hydroxylation sites is 3. The zero-order valence-corrected chi connectivity index (χ0v) is 12.5. The first-order valence-electron chi connectivity index (χ1n) is 7.08. The monoisotopic (exact) mass is 309 g/mol. The lowest BCUT2D eigenvalue weighted by molar-refractivity contribution is -0.135. The maximum absolute atomic E-state index is 11.2. The van der Waals surface area contributed by atoms with Crippen LogP contribution in [0.4, 0.5) is 0 Å². The molecule has 0 aliphatic rings. The molecule has 0 amide bonds. The van der Waals surface area contributed by atoms with Gasteiger partial charge in [-0.25, -0.2) is 4.98 Å². The molecule has 1 aromatic heterocycles. The molecule has 1 N–H and O–H groups in total. The van der Waals surface area contributed by atoms with Crippen LogP contribution in [0.25, 0.3) is 22.7 Å². The Balaban J connectivity index is 2.10. The van der Waals surface area contributed by atoms with E-state index in [1.165, 1.54) is 0 Å². The molecule has 0 unspecified atom stereocenters. The van der Waals surface area contributed by atoms with Gasteiger partial charge in [-0.2, -0.15) is 0 Å². The number of methoxy groups -OCH3 is 1. The van der Waals surface area contributed by atoms with E-state index in [9.17, 15) is 9.90 Å². The molecule has 116 valence electrons.